The fraction of sp³-hybridized carbons (Fsp3) is 0.588. The van der Waals surface area contributed by atoms with Crippen LogP contribution in [0.5, 0.6) is 0 Å². The Balaban J connectivity index is 1.51. The van der Waals surface area contributed by atoms with Crippen molar-refractivity contribution < 1.29 is 4.79 Å². The van der Waals surface area contributed by atoms with Gasteiger partial charge in [-0.15, -0.1) is 0 Å². The molecule has 3 rings (SSSR count). The minimum absolute atomic E-state index is 0.183. The lowest BCUT2D eigenvalue weighted by Crippen LogP contribution is -2.32. The molecule has 1 N–H and O–H groups in total. The smallest absolute Gasteiger partial charge is 0.227 e. The molecule has 20 heavy (non-hydrogen) atoms. The van der Waals surface area contributed by atoms with E-state index in [-0.39, 0.29) is 11.8 Å². The maximum Gasteiger partial charge on any atom is 0.227 e. The van der Waals surface area contributed by atoms with Gasteiger partial charge in [-0.25, -0.2) is 0 Å². The van der Waals surface area contributed by atoms with Crippen LogP contribution in [-0.4, -0.2) is 23.9 Å². The topological polar surface area (TPSA) is 32.3 Å². The Morgan fingerprint density at radius 2 is 1.80 bits per heavy atom. The Morgan fingerprint density at radius 3 is 2.40 bits per heavy atom. The summed E-state index contributed by atoms with van der Waals surface area (Å²) in [6.07, 6.45) is 4.74. The molecule has 2 fully saturated rings. The second kappa shape index (κ2) is 5.96. The average Bonchev–Trinajstić information content (AvgIpc) is 3.28. The monoisotopic (exact) mass is 272 g/mol. The van der Waals surface area contributed by atoms with Crippen LogP contribution < -0.4 is 5.32 Å². The lowest BCUT2D eigenvalue weighted by Gasteiger charge is -2.30. The van der Waals surface area contributed by atoms with Crippen molar-refractivity contribution in [3.05, 3.63) is 29.8 Å². The molecule has 0 unspecified atom stereocenters. The number of benzene rings is 1. The van der Waals surface area contributed by atoms with Crippen molar-refractivity contribution in [1.29, 1.82) is 0 Å². The maximum absolute atomic E-state index is 11.7. The number of anilines is 1. The van der Waals surface area contributed by atoms with Gasteiger partial charge in [-0.2, -0.15) is 0 Å². The van der Waals surface area contributed by atoms with Crippen LogP contribution >= 0.6 is 0 Å². The predicted molar refractivity (Wildman–Crippen MR) is 81.5 cm³/mol. The molecule has 0 spiro atoms. The number of likely N-dealkylation sites (tertiary alicyclic amines) is 1. The van der Waals surface area contributed by atoms with Gasteiger partial charge in [0.25, 0.3) is 0 Å². The Bertz CT molecular complexity index is 456. The van der Waals surface area contributed by atoms with Crippen molar-refractivity contribution in [2.24, 2.45) is 11.8 Å². The molecule has 1 amide bonds. The second-order valence-electron chi connectivity index (χ2n) is 6.42. The van der Waals surface area contributed by atoms with Crippen molar-refractivity contribution >= 4 is 11.6 Å². The number of nitrogens with one attached hydrogen (secondary N) is 1. The van der Waals surface area contributed by atoms with Gasteiger partial charge in [-0.1, -0.05) is 19.1 Å². The molecule has 3 nitrogen and oxygen atoms in total. The zero-order valence-corrected chi connectivity index (χ0v) is 12.3. The summed E-state index contributed by atoms with van der Waals surface area (Å²) >= 11 is 0. The number of carbonyl (C=O) groups excluding carboxylic acids is 1. The number of carbonyl (C=O) groups is 1. The quantitative estimate of drug-likeness (QED) is 0.912. The molecule has 1 aliphatic carbocycles. The van der Waals surface area contributed by atoms with E-state index in [4.69, 9.17) is 0 Å². The first-order chi connectivity index (χ1) is 9.70. The number of rotatable bonds is 4. The van der Waals surface area contributed by atoms with Crippen LogP contribution in [0.15, 0.2) is 24.3 Å². The summed E-state index contributed by atoms with van der Waals surface area (Å²) in [6.45, 7) is 5.79. The van der Waals surface area contributed by atoms with Crippen molar-refractivity contribution in [2.45, 2.75) is 39.2 Å². The molecule has 1 aliphatic heterocycles. The molecule has 0 aromatic heterocycles. The summed E-state index contributed by atoms with van der Waals surface area (Å²) < 4.78 is 0. The molecule has 108 valence electrons. The SMILES string of the molecule is CC1CCN(Cc2ccc(NC(=O)C3CC3)cc2)CC1. The Hall–Kier alpha value is -1.35. The Morgan fingerprint density at radius 1 is 1.15 bits per heavy atom. The third-order valence-electron chi connectivity index (χ3n) is 4.45. The molecule has 2 aliphatic rings. The summed E-state index contributed by atoms with van der Waals surface area (Å²) in [5, 5.41) is 2.99. The van der Waals surface area contributed by atoms with Crippen molar-refractivity contribution in [3.8, 4) is 0 Å². The lowest BCUT2D eigenvalue weighted by molar-refractivity contribution is -0.117. The fourth-order valence-electron chi connectivity index (χ4n) is 2.76. The summed E-state index contributed by atoms with van der Waals surface area (Å²) in [6, 6.07) is 8.34. The van der Waals surface area contributed by atoms with E-state index in [1.165, 1.54) is 31.5 Å². The molecule has 1 aromatic rings. The first-order valence-electron chi connectivity index (χ1n) is 7.83. The highest BCUT2D eigenvalue weighted by atomic mass is 16.2. The molecule has 1 saturated heterocycles. The van der Waals surface area contributed by atoms with E-state index < -0.39 is 0 Å². The number of hydrogen-bond acceptors (Lipinski definition) is 2. The van der Waals surface area contributed by atoms with E-state index in [0.29, 0.717) is 0 Å². The molecule has 0 atom stereocenters. The third-order valence-corrected chi connectivity index (χ3v) is 4.45. The van der Waals surface area contributed by atoms with Crippen molar-refractivity contribution in [1.82, 2.24) is 4.90 Å². The van der Waals surface area contributed by atoms with Gasteiger partial charge >= 0.3 is 0 Å². The Kier molecular flexibility index (Phi) is 4.06. The number of piperidine rings is 1. The van der Waals surface area contributed by atoms with Crippen molar-refractivity contribution in [3.63, 3.8) is 0 Å². The minimum Gasteiger partial charge on any atom is -0.326 e. The molecular weight excluding hydrogens is 248 g/mol. The molecule has 0 bridgehead atoms. The van der Waals surface area contributed by atoms with Crippen molar-refractivity contribution in [2.75, 3.05) is 18.4 Å². The number of nitrogens with zero attached hydrogens (tertiary/aromatic N) is 1. The lowest BCUT2D eigenvalue weighted by atomic mass is 9.99. The van der Waals surface area contributed by atoms with Crippen LogP contribution in [0, 0.1) is 11.8 Å². The van der Waals surface area contributed by atoms with Gasteiger partial charge in [0, 0.05) is 18.2 Å². The van der Waals surface area contributed by atoms with E-state index in [2.05, 4.69) is 29.3 Å². The standard InChI is InChI=1S/C17H24N2O/c1-13-8-10-19(11-9-13)12-14-2-6-16(7-3-14)18-17(20)15-4-5-15/h2-3,6-7,13,15H,4-5,8-12H2,1H3,(H,18,20). The largest absolute Gasteiger partial charge is 0.326 e. The van der Waals surface area contributed by atoms with Gasteiger partial charge in [-0.05, 0) is 62.4 Å². The molecular formula is C17H24N2O. The zero-order chi connectivity index (χ0) is 13.9. The van der Waals surface area contributed by atoms with E-state index in [1.54, 1.807) is 0 Å². The predicted octanol–water partition coefficient (Wildman–Crippen LogP) is 3.27. The Labute approximate surface area is 121 Å². The second-order valence-corrected chi connectivity index (χ2v) is 6.42. The van der Waals surface area contributed by atoms with Gasteiger partial charge < -0.3 is 5.32 Å². The summed E-state index contributed by atoms with van der Waals surface area (Å²) in [4.78, 5) is 14.2. The number of amides is 1. The van der Waals surface area contributed by atoms with Crippen LogP contribution in [-0.2, 0) is 11.3 Å². The minimum atomic E-state index is 0.183. The maximum atomic E-state index is 11.7. The van der Waals surface area contributed by atoms with Gasteiger partial charge in [0.15, 0.2) is 0 Å². The number of hydrogen-bond donors (Lipinski definition) is 1. The zero-order valence-electron chi connectivity index (χ0n) is 12.3. The van der Waals surface area contributed by atoms with Crippen LogP contribution in [0.4, 0.5) is 5.69 Å². The average molecular weight is 272 g/mol. The molecule has 3 heteroatoms. The van der Waals surface area contributed by atoms with E-state index in [9.17, 15) is 4.79 Å². The van der Waals surface area contributed by atoms with Crippen LogP contribution in [0.1, 0.15) is 38.2 Å². The molecule has 1 heterocycles. The fourth-order valence-corrected chi connectivity index (χ4v) is 2.76. The first-order valence-corrected chi connectivity index (χ1v) is 7.83. The molecule has 1 saturated carbocycles. The van der Waals surface area contributed by atoms with Crippen LogP contribution in [0.3, 0.4) is 0 Å². The van der Waals surface area contributed by atoms with E-state index in [1.807, 2.05) is 12.1 Å². The first kappa shape index (κ1) is 13.6. The summed E-state index contributed by atoms with van der Waals surface area (Å²) in [7, 11) is 0. The van der Waals surface area contributed by atoms with Gasteiger partial charge in [0.1, 0.15) is 0 Å². The normalized spacial score (nSPS) is 20.9. The highest BCUT2D eigenvalue weighted by Crippen LogP contribution is 2.30. The van der Waals surface area contributed by atoms with Crippen LogP contribution in [0.25, 0.3) is 0 Å². The third kappa shape index (κ3) is 3.60. The highest BCUT2D eigenvalue weighted by molar-refractivity contribution is 5.93. The van der Waals surface area contributed by atoms with Gasteiger partial charge in [-0.3, -0.25) is 9.69 Å². The molecule has 0 radical (unpaired) electrons. The summed E-state index contributed by atoms with van der Waals surface area (Å²) in [5.41, 5.74) is 2.27. The van der Waals surface area contributed by atoms with Gasteiger partial charge in [0.05, 0.1) is 0 Å². The van der Waals surface area contributed by atoms with E-state index >= 15 is 0 Å². The van der Waals surface area contributed by atoms with Gasteiger partial charge in [0.2, 0.25) is 5.91 Å². The summed E-state index contributed by atoms with van der Waals surface area (Å²) in [5.74, 6) is 1.33. The highest BCUT2D eigenvalue weighted by Gasteiger charge is 2.29. The van der Waals surface area contributed by atoms with Crippen LogP contribution in [0.2, 0.25) is 0 Å². The van der Waals surface area contributed by atoms with E-state index in [0.717, 1.165) is 31.0 Å². The molecule has 1 aromatic carbocycles.